The molecule has 1 aromatic heterocycles. The molecule has 7 nitrogen and oxygen atoms in total. The van der Waals surface area contributed by atoms with Gasteiger partial charge in [0.2, 0.25) is 0 Å². The zero-order valence-electron chi connectivity index (χ0n) is 13.1. The number of benzene rings is 1. The molecule has 0 aliphatic carbocycles. The number of rotatable bonds is 6. The Labute approximate surface area is 128 Å². The van der Waals surface area contributed by atoms with Crippen molar-refractivity contribution in [1.29, 1.82) is 0 Å². The lowest BCUT2D eigenvalue weighted by atomic mass is 10.1. The molecule has 0 aliphatic rings. The number of carbonyl (C=O) groups is 1. The zero-order valence-corrected chi connectivity index (χ0v) is 13.1. The number of aliphatic carboxylic acids is 1. The fourth-order valence-corrected chi connectivity index (χ4v) is 2.36. The molecule has 22 heavy (non-hydrogen) atoms. The van der Waals surface area contributed by atoms with Crippen molar-refractivity contribution < 1.29 is 14.6 Å². The second kappa shape index (κ2) is 6.55. The molecule has 0 fully saturated rings. The average molecular weight is 304 g/mol. The van der Waals surface area contributed by atoms with E-state index >= 15 is 0 Å². The van der Waals surface area contributed by atoms with E-state index in [1.807, 2.05) is 45.9 Å². The van der Waals surface area contributed by atoms with Gasteiger partial charge in [-0.15, -0.1) is 5.10 Å². The van der Waals surface area contributed by atoms with Gasteiger partial charge in [-0.2, -0.15) is 0 Å². The van der Waals surface area contributed by atoms with E-state index in [4.69, 9.17) is 4.74 Å². The van der Waals surface area contributed by atoms with E-state index in [2.05, 4.69) is 15.5 Å². The van der Waals surface area contributed by atoms with Crippen LogP contribution < -0.4 is 4.74 Å². The molecule has 1 heterocycles. The number of para-hydroxylation sites is 1. The van der Waals surface area contributed by atoms with Crippen molar-refractivity contribution in [3.05, 3.63) is 35.2 Å². The average Bonchev–Trinajstić information content (AvgIpc) is 2.85. The van der Waals surface area contributed by atoms with Crippen LogP contribution in [0.4, 0.5) is 0 Å². The van der Waals surface area contributed by atoms with E-state index < -0.39 is 12.0 Å². The Morgan fingerprint density at radius 2 is 1.95 bits per heavy atom. The maximum Gasteiger partial charge on any atom is 0.328 e. The van der Waals surface area contributed by atoms with Crippen molar-refractivity contribution in [3.63, 3.8) is 0 Å². The van der Waals surface area contributed by atoms with Crippen molar-refractivity contribution in [1.82, 2.24) is 20.2 Å². The Balaban J connectivity index is 2.22. The highest BCUT2D eigenvalue weighted by atomic mass is 16.5. The lowest BCUT2D eigenvalue weighted by molar-refractivity contribution is -0.142. The lowest BCUT2D eigenvalue weighted by Gasteiger charge is -2.18. The Hall–Kier alpha value is -2.44. The summed E-state index contributed by atoms with van der Waals surface area (Å²) >= 11 is 0. The van der Waals surface area contributed by atoms with Crippen LogP contribution in [0.5, 0.6) is 5.75 Å². The molecule has 118 valence electrons. The molecule has 2 aromatic rings. The predicted molar refractivity (Wildman–Crippen MR) is 79.6 cm³/mol. The SMILES string of the molecule is Cc1cccc(C)c1OCc1nnnn1C(C(=O)O)C(C)C. The second-order valence-electron chi connectivity index (χ2n) is 5.58. The highest BCUT2D eigenvalue weighted by molar-refractivity contribution is 5.72. The molecule has 0 aliphatic heterocycles. The molecule has 0 bridgehead atoms. The van der Waals surface area contributed by atoms with Crippen LogP contribution in [0.3, 0.4) is 0 Å². The van der Waals surface area contributed by atoms with Crippen LogP contribution >= 0.6 is 0 Å². The summed E-state index contributed by atoms with van der Waals surface area (Å²) in [6, 6.07) is 5.06. The summed E-state index contributed by atoms with van der Waals surface area (Å²) in [4.78, 5) is 11.4. The van der Waals surface area contributed by atoms with Crippen LogP contribution in [0.15, 0.2) is 18.2 Å². The monoisotopic (exact) mass is 304 g/mol. The van der Waals surface area contributed by atoms with Crippen LogP contribution in [-0.4, -0.2) is 31.3 Å². The van der Waals surface area contributed by atoms with Gasteiger partial charge in [-0.05, 0) is 41.3 Å². The predicted octanol–water partition coefficient (Wildman–Crippen LogP) is 2.15. The topological polar surface area (TPSA) is 90.1 Å². The highest BCUT2D eigenvalue weighted by Crippen LogP contribution is 2.24. The standard InChI is InChI=1S/C15H20N4O3/c1-9(2)13(15(20)21)19-12(16-17-18-19)8-22-14-10(3)6-5-7-11(14)4/h5-7,9,13H,8H2,1-4H3,(H,20,21). The highest BCUT2D eigenvalue weighted by Gasteiger charge is 2.27. The molecule has 7 heteroatoms. The Bertz CT molecular complexity index is 646. The molecule has 1 unspecified atom stereocenters. The maximum atomic E-state index is 11.4. The van der Waals surface area contributed by atoms with E-state index in [-0.39, 0.29) is 12.5 Å². The van der Waals surface area contributed by atoms with E-state index in [1.165, 1.54) is 4.68 Å². The van der Waals surface area contributed by atoms with Crippen molar-refractivity contribution in [2.24, 2.45) is 5.92 Å². The summed E-state index contributed by atoms with van der Waals surface area (Å²) in [7, 11) is 0. The molecule has 0 radical (unpaired) electrons. The fraction of sp³-hybridized carbons (Fsp3) is 0.467. The normalized spacial score (nSPS) is 12.4. The lowest BCUT2D eigenvalue weighted by Crippen LogP contribution is -2.27. The van der Waals surface area contributed by atoms with Gasteiger partial charge in [-0.3, -0.25) is 0 Å². The van der Waals surface area contributed by atoms with Crippen molar-refractivity contribution >= 4 is 5.97 Å². The van der Waals surface area contributed by atoms with Gasteiger partial charge in [-0.25, -0.2) is 9.48 Å². The number of ether oxygens (including phenoxy) is 1. The summed E-state index contributed by atoms with van der Waals surface area (Å²) < 4.78 is 7.13. The number of tetrazole rings is 1. The second-order valence-corrected chi connectivity index (χ2v) is 5.58. The Kier molecular flexibility index (Phi) is 4.75. The molecule has 0 spiro atoms. The summed E-state index contributed by atoms with van der Waals surface area (Å²) in [6.45, 7) is 7.67. The van der Waals surface area contributed by atoms with Crippen molar-refractivity contribution in [2.45, 2.75) is 40.3 Å². The van der Waals surface area contributed by atoms with Gasteiger partial charge in [0.1, 0.15) is 12.4 Å². The number of hydrogen-bond acceptors (Lipinski definition) is 5. The number of carboxylic acids is 1. The number of nitrogens with zero attached hydrogens (tertiary/aromatic N) is 4. The van der Waals surface area contributed by atoms with Crippen molar-refractivity contribution in [2.75, 3.05) is 0 Å². The van der Waals surface area contributed by atoms with Gasteiger partial charge in [0.25, 0.3) is 0 Å². The maximum absolute atomic E-state index is 11.4. The first kappa shape index (κ1) is 15.9. The van der Waals surface area contributed by atoms with Crippen LogP contribution in [0.2, 0.25) is 0 Å². The molecule has 0 saturated carbocycles. The van der Waals surface area contributed by atoms with Crippen LogP contribution in [0.25, 0.3) is 0 Å². The Morgan fingerprint density at radius 3 is 2.50 bits per heavy atom. The van der Waals surface area contributed by atoms with Gasteiger partial charge in [0, 0.05) is 0 Å². The third-order valence-electron chi connectivity index (χ3n) is 3.46. The van der Waals surface area contributed by atoms with Gasteiger partial charge >= 0.3 is 5.97 Å². The van der Waals surface area contributed by atoms with Gasteiger partial charge in [0.05, 0.1) is 0 Å². The number of hydrogen-bond donors (Lipinski definition) is 1. The summed E-state index contributed by atoms with van der Waals surface area (Å²) in [5, 5.41) is 20.6. The molecular weight excluding hydrogens is 284 g/mol. The van der Waals surface area contributed by atoms with Gasteiger partial charge in [0.15, 0.2) is 11.9 Å². The van der Waals surface area contributed by atoms with E-state index in [1.54, 1.807) is 0 Å². The number of aromatic nitrogens is 4. The van der Waals surface area contributed by atoms with Gasteiger partial charge < -0.3 is 9.84 Å². The summed E-state index contributed by atoms with van der Waals surface area (Å²) in [6.07, 6.45) is 0. The van der Waals surface area contributed by atoms with Crippen LogP contribution in [0.1, 0.15) is 36.8 Å². The minimum Gasteiger partial charge on any atom is -0.485 e. The molecular formula is C15H20N4O3. The first-order chi connectivity index (χ1) is 10.4. The smallest absolute Gasteiger partial charge is 0.328 e. The van der Waals surface area contributed by atoms with Gasteiger partial charge in [-0.1, -0.05) is 32.0 Å². The van der Waals surface area contributed by atoms with E-state index in [9.17, 15) is 9.90 Å². The van der Waals surface area contributed by atoms with E-state index in [0.29, 0.717) is 5.82 Å². The fourth-order valence-electron chi connectivity index (χ4n) is 2.36. The number of carboxylic acid groups (broad SMARTS) is 1. The molecule has 2 rings (SSSR count). The summed E-state index contributed by atoms with van der Waals surface area (Å²) in [5.41, 5.74) is 2.02. The Morgan fingerprint density at radius 1 is 1.32 bits per heavy atom. The molecule has 1 aromatic carbocycles. The van der Waals surface area contributed by atoms with Crippen LogP contribution in [-0.2, 0) is 11.4 Å². The summed E-state index contributed by atoms with van der Waals surface area (Å²) in [5.74, 6) is 0.0628. The molecule has 1 atom stereocenters. The first-order valence-electron chi connectivity index (χ1n) is 7.10. The van der Waals surface area contributed by atoms with E-state index in [0.717, 1.165) is 16.9 Å². The minimum atomic E-state index is -0.962. The third-order valence-corrected chi connectivity index (χ3v) is 3.46. The third kappa shape index (κ3) is 3.24. The zero-order chi connectivity index (χ0) is 16.3. The minimum absolute atomic E-state index is 0.120. The molecule has 0 amide bonds. The first-order valence-corrected chi connectivity index (χ1v) is 7.10. The quantitative estimate of drug-likeness (QED) is 0.879. The van der Waals surface area contributed by atoms with Crippen LogP contribution in [0, 0.1) is 19.8 Å². The van der Waals surface area contributed by atoms with Crippen molar-refractivity contribution in [3.8, 4) is 5.75 Å². The largest absolute Gasteiger partial charge is 0.485 e. The number of aryl methyl sites for hydroxylation is 2. The molecule has 0 saturated heterocycles. The molecule has 1 N–H and O–H groups in total.